The van der Waals surface area contributed by atoms with Crippen LogP contribution in [0.5, 0.6) is 5.75 Å². The molecule has 0 bridgehead atoms. The molecule has 48 heavy (non-hydrogen) atoms. The molecule has 5 rings (SSSR count). The first-order valence-electron chi connectivity index (χ1n) is 15.5. The summed E-state index contributed by atoms with van der Waals surface area (Å²) in [6, 6.07) is 8.93. The van der Waals surface area contributed by atoms with Crippen molar-refractivity contribution < 1.29 is 41.6 Å². The molecule has 4 N–H and O–H groups in total. The highest BCUT2D eigenvalue weighted by Crippen LogP contribution is 2.40. The second-order valence-corrected chi connectivity index (χ2v) is 12.6. The molecule has 3 atom stereocenters. The Morgan fingerprint density at radius 3 is 2.67 bits per heavy atom. The number of thiophene rings is 1. The maximum absolute atomic E-state index is 15.2. The molecule has 2 fully saturated rings. The second kappa shape index (κ2) is 16.0. The highest BCUT2D eigenvalue weighted by molar-refractivity contribution is 7.20. The summed E-state index contributed by atoms with van der Waals surface area (Å²) in [7, 11) is 0. The number of morpholine rings is 1. The van der Waals surface area contributed by atoms with Crippen LogP contribution < -0.4 is 20.3 Å². The zero-order valence-electron chi connectivity index (χ0n) is 26.0. The van der Waals surface area contributed by atoms with Crippen molar-refractivity contribution >= 4 is 38.5 Å². The lowest BCUT2D eigenvalue weighted by atomic mass is 10.0. The number of aliphatic hydroxyl groups excluding tert-OH is 2. The quantitative estimate of drug-likeness (QED) is 0.170. The largest absolute Gasteiger partial charge is 0.477 e. The number of nitrogens with one attached hydrogen (secondary N) is 2. The summed E-state index contributed by atoms with van der Waals surface area (Å²) in [5.41, 5.74) is 1.06. The van der Waals surface area contributed by atoms with E-state index in [1.54, 1.807) is 23.1 Å². The van der Waals surface area contributed by atoms with Crippen molar-refractivity contribution in [1.29, 1.82) is 5.26 Å². The Labute approximate surface area is 278 Å². The third-order valence-corrected chi connectivity index (χ3v) is 9.30. The van der Waals surface area contributed by atoms with E-state index in [2.05, 4.69) is 22.5 Å². The molecule has 3 heterocycles. The number of piperidine rings is 1. The summed E-state index contributed by atoms with van der Waals surface area (Å²) in [5.74, 6) is 5.41. The molecule has 0 aliphatic carbocycles. The topological polar surface area (TPSA) is 113 Å². The first-order valence-corrected chi connectivity index (χ1v) is 16.3. The van der Waals surface area contributed by atoms with Gasteiger partial charge in [-0.05, 0) is 23.4 Å². The minimum Gasteiger partial charge on any atom is -0.477 e. The van der Waals surface area contributed by atoms with Crippen LogP contribution >= 0.6 is 11.3 Å². The number of ether oxygens (including phenoxy) is 2. The number of hydrogen-bond donors (Lipinski definition) is 4. The van der Waals surface area contributed by atoms with Crippen molar-refractivity contribution in [2.45, 2.75) is 37.3 Å². The number of anilines is 3. The smallest absolute Gasteiger partial charge is 0.393 e. The molecule has 0 spiro atoms. The van der Waals surface area contributed by atoms with Crippen LogP contribution in [0.25, 0.3) is 10.1 Å². The Kier molecular flexibility index (Phi) is 11.8. The van der Waals surface area contributed by atoms with E-state index in [4.69, 9.17) is 19.8 Å². The predicted octanol–water partition coefficient (Wildman–Crippen LogP) is 4.53. The average molecular weight is 694 g/mol. The van der Waals surface area contributed by atoms with Crippen molar-refractivity contribution in [3.8, 4) is 23.7 Å². The third kappa shape index (κ3) is 8.98. The van der Waals surface area contributed by atoms with Crippen LogP contribution in [0.2, 0.25) is 0 Å². The molecule has 9 nitrogen and oxygen atoms in total. The average Bonchev–Trinajstić information content (AvgIpc) is 3.40. The number of β-amino-alcohol motifs (C(OH)–C–C–N with tert-alkyl or cyclic N) is 1. The molecule has 2 aliphatic rings. The molecule has 0 amide bonds. The Morgan fingerprint density at radius 1 is 1.17 bits per heavy atom. The third-order valence-electron chi connectivity index (χ3n) is 8.10. The van der Waals surface area contributed by atoms with Crippen LogP contribution in [0, 0.1) is 29.0 Å². The van der Waals surface area contributed by atoms with E-state index in [0.29, 0.717) is 60.7 Å². The monoisotopic (exact) mass is 693 g/mol. The molecule has 0 radical (unpaired) electrons. The molecule has 2 saturated heterocycles. The summed E-state index contributed by atoms with van der Waals surface area (Å²) in [6.45, 7) is 1.78. The van der Waals surface area contributed by atoms with Gasteiger partial charge in [-0.1, -0.05) is 24.0 Å². The summed E-state index contributed by atoms with van der Waals surface area (Å²) in [6.07, 6.45) is -7.59. The molecular weight excluding hydrogens is 657 g/mol. The van der Waals surface area contributed by atoms with Crippen LogP contribution in [0.1, 0.15) is 16.9 Å². The molecular formula is C33H36F5N5O4S. The number of benzene rings is 2. The predicted molar refractivity (Wildman–Crippen MR) is 174 cm³/mol. The number of nitrogens with zero attached hydrogens (tertiary/aromatic N) is 3. The first kappa shape index (κ1) is 35.4. The van der Waals surface area contributed by atoms with Crippen molar-refractivity contribution in [1.82, 2.24) is 4.90 Å². The minimum atomic E-state index is -4.51. The molecule has 2 aromatic carbocycles. The maximum atomic E-state index is 15.2. The lowest BCUT2D eigenvalue weighted by Gasteiger charge is -2.36. The Morgan fingerprint density at radius 2 is 1.96 bits per heavy atom. The lowest BCUT2D eigenvalue weighted by molar-refractivity contribution is -0.126. The van der Waals surface area contributed by atoms with Crippen LogP contribution in [-0.2, 0) is 11.2 Å². The number of rotatable bonds is 11. The highest BCUT2D eigenvalue weighted by Gasteiger charge is 2.33. The Hall–Kier alpha value is -3.86. The van der Waals surface area contributed by atoms with Gasteiger partial charge in [-0.25, -0.2) is 8.78 Å². The number of hydrogen-bond acceptors (Lipinski definition) is 10. The van der Waals surface area contributed by atoms with E-state index in [9.17, 15) is 18.3 Å². The van der Waals surface area contributed by atoms with Crippen LogP contribution in [0.3, 0.4) is 0 Å². The van der Waals surface area contributed by atoms with Gasteiger partial charge >= 0.3 is 6.18 Å². The molecule has 15 heteroatoms. The maximum Gasteiger partial charge on any atom is 0.393 e. The molecule has 258 valence electrons. The molecule has 0 saturated carbocycles. The van der Waals surface area contributed by atoms with Gasteiger partial charge in [0.1, 0.15) is 23.8 Å². The minimum absolute atomic E-state index is 0.0159. The number of likely N-dealkylation sites (tertiary alicyclic amines) is 1. The zero-order chi connectivity index (χ0) is 34.3. The number of alkyl halides is 4. The van der Waals surface area contributed by atoms with E-state index in [-0.39, 0.29) is 48.1 Å². The Bertz CT molecular complexity index is 1660. The number of fused-ring (bicyclic) bond motifs is 1. The standard InChI is InChI=1S/C33H36F5N5O4S/c34-24-15-28(30(47-12-7-39)16-29(24)43-10-13-46-14-11-43)40-8-2-5-31-23(17-33(36,37)38)22-3-1-4-27(32(22)48-31)41-26-6-9-42(19-25(26)35)18-21(45)20-44/h1,3-4,15-16,21,25-26,40-41,44-45H,6,8-14,17-20H2. The van der Waals surface area contributed by atoms with Gasteiger partial charge < -0.3 is 35.2 Å². The summed E-state index contributed by atoms with van der Waals surface area (Å²) in [4.78, 5) is 3.75. The highest BCUT2D eigenvalue weighted by atomic mass is 32.1. The van der Waals surface area contributed by atoms with Gasteiger partial charge in [0.05, 0.1) is 71.6 Å². The molecule has 3 unspecified atom stereocenters. The van der Waals surface area contributed by atoms with Gasteiger partial charge in [0, 0.05) is 44.9 Å². The van der Waals surface area contributed by atoms with E-state index in [0.717, 1.165) is 11.3 Å². The van der Waals surface area contributed by atoms with E-state index in [1.807, 2.05) is 11.0 Å². The van der Waals surface area contributed by atoms with Crippen molar-refractivity contribution in [3.63, 3.8) is 0 Å². The van der Waals surface area contributed by atoms with Gasteiger partial charge in [-0.3, -0.25) is 4.90 Å². The fourth-order valence-electron chi connectivity index (χ4n) is 5.83. The van der Waals surface area contributed by atoms with E-state index in [1.165, 1.54) is 12.1 Å². The number of halogens is 5. The summed E-state index contributed by atoms with van der Waals surface area (Å²) in [5, 5.41) is 34.3. The molecule has 1 aromatic heterocycles. The van der Waals surface area contributed by atoms with Gasteiger partial charge in [0.2, 0.25) is 0 Å². The molecule has 3 aromatic rings. The van der Waals surface area contributed by atoms with Gasteiger partial charge in [-0.15, -0.1) is 11.3 Å². The van der Waals surface area contributed by atoms with Gasteiger partial charge in [0.25, 0.3) is 0 Å². The normalized spacial score (nSPS) is 19.3. The van der Waals surface area contributed by atoms with Crippen LogP contribution in [0.4, 0.5) is 39.0 Å². The fraction of sp³-hybridized carbons (Fsp3) is 0.485. The first-order chi connectivity index (χ1) is 23.1. The number of nitriles is 1. The van der Waals surface area contributed by atoms with Crippen molar-refractivity contribution in [2.24, 2.45) is 0 Å². The van der Waals surface area contributed by atoms with Crippen molar-refractivity contribution in [2.75, 3.05) is 81.2 Å². The SMILES string of the molecule is N#CCOc1cc(N2CCOCC2)c(F)cc1NCC#Cc1sc2c(NC3CCN(CC(O)CO)CC3F)cccc2c1CC(F)(F)F. The van der Waals surface area contributed by atoms with E-state index < -0.39 is 43.3 Å². The second-order valence-electron chi connectivity index (χ2n) is 11.5. The van der Waals surface area contributed by atoms with Crippen LogP contribution in [-0.4, -0.2) is 105 Å². The lowest BCUT2D eigenvalue weighted by Crippen LogP contribution is -2.50. The zero-order valence-corrected chi connectivity index (χ0v) is 26.8. The van der Waals surface area contributed by atoms with Crippen molar-refractivity contribution in [3.05, 3.63) is 46.6 Å². The Balaban J connectivity index is 1.36. The molecule has 2 aliphatic heterocycles. The van der Waals surface area contributed by atoms with Gasteiger partial charge in [-0.2, -0.15) is 18.4 Å². The summed E-state index contributed by atoms with van der Waals surface area (Å²) < 4.78 is 82.8. The number of aliphatic hydroxyl groups is 2. The van der Waals surface area contributed by atoms with Gasteiger partial charge in [0.15, 0.2) is 6.61 Å². The summed E-state index contributed by atoms with van der Waals surface area (Å²) >= 11 is 1.08. The van der Waals surface area contributed by atoms with Crippen LogP contribution in [0.15, 0.2) is 30.3 Å². The van der Waals surface area contributed by atoms with E-state index >= 15 is 8.78 Å². The fourth-order valence-corrected chi connectivity index (χ4v) is 7.00.